The summed E-state index contributed by atoms with van der Waals surface area (Å²) in [5.74, 6) is 0.958. The highest BCUT2D eigenvalue weighted by Crippen LogP contribution is 2.28. The average molecular weight is 223 g/mol. The molecule has 0 spiro atoms. The van der Waals surface area contributed by atoms with Crippen molar-refractivity contribution < 1.29 is 9.84 Å². The van der Waals surface area contributed by atoms with Crippen LogP contribution in [0.4, 0.5) is 5.69 Å². The topological polar surface area (TPSA) is 32.7 Å². The van der Waals surface area contributed by atoms with Gasteiger partial charge in [0, 0.05) is 25.9 Å². The number of hydrogen-bond acceptors (Lipinski definition) is 3. The first kappa shape index (κ1) is 12.8. The molecule has 0 aliphatic carbocycles. The summed E-state index contributed by atoms with van der Waals surface area (Å²) in [4.78, 5) is 2.15. The summed E-state index contributed by atoms with van der Waals surface area (Å²) in [6.07, 6.45) is 0.792. The van der Waals surface area contributed by atoms with Gasteiger partial charge in [0.05, 0.1) is 7.11 Å². The largest absolute Gasteiger partial charge is 0.496 e. The first-order valence-corrected chi connectivity index (χ1v) is 5.57. The highest BCUT2D eigenvalue weighted by atomic mass is 16.5. The molecule has 0 unspecified atom stereocenters. The van der Waals surface area contributed by atoms with Gasteiger partial charge in [0.25, 0.3) is 0 Å². The lowest BCUT2D eigenvalue weighted by molar-refractivity contribution is 0.290. The molecular weight excluding hydrogens is 202 g/mol. The van der Waals surface area contributed by atoms with E-state index in [9.17, 15) is 0 Å². The molecule has 1 rings (SSSR count). The Kier molecular flexibility index (Phi) is 4.62. The third-order valence-corrected chi connectivity index (χ3v) is 2.74. The van der Waals surface area contributed by atoms with Crippen molar-refractivity contribution in [1.29, 1.82) is 0 Å². The molecule has 0 saturated carbocycles. The van der Waals surface area contributed by atoms with Gasteiger partial charge in [0.2, 0.25) is 0 Å². The molecule has 0 aliphatic heterocycles. The summed E-state index contributed by atoms with van der Waals surface area (Å²) >= 11 is 0. The average Bonchev–Trinajstić information content (AvgIpc) is 2.25. The number of nitrogens with zero attached hydrogens (tertiary/aromatic N) is 1. The first-order chi connectivity index (χ1) is 7.60. The number of rotatable bonds is 5. The Morgan fingerprint density at radius 3 is 2.25 bits per heavy atom. The molecule has 1 aromatic carbocycles. The van der Waals surface area contributed by atoms with Gasteiger partial charge >= 0.3 is 0 Å². The normalized spacial score (nSPS) is 10.3. The molecule has 3 heteroatoms. The van der Waals surface area contributed by atoms with Crippen LogP contribution in [0.15, 0.2) is 12.1 Å². The summed E-state index contributed by atoms with van der Waals surface area (Å²) in [5, 5.41) is 8.81. The Bertz CT molecular complexity index is 327. The second-order valence-corrected chi connectivity index (χ2v) is 4.11. The van der Waals surface area contributed by atoms with E-state index >= 15 is 0 Å². The molecule has 90 valence electrons. The third-order valence-electron chi connectivity index (χ3n) is 2.74. The fraction of sp³-hybridized carbons (Fsp3) is 0.538. The molecule has 1 N–H and O–H groups in total. The SMILES string of the molecule is COc1c(C)cc(N(C)CCCO)cc1C. The van der Waals surface area contributed by atoms with Crippen LogP contribution in [-0.4, -0.2) is 32.4 Å². The molecule has 3 nitrogen and oxygen atoms in total. The van der Waals surface area contributed by atoms with Crippen molar-refractivity contribution in [3.8, 4) is 5.75 Å². The lowest BCUT2D eigenvalue weighted by Crippen LogP contribution is -2.19. The molecule has 1 aromatic rings. The summed E-state index contributed by atoms with van der Waals surface area (Å²) in [6, 6.07) is 4.23. The summed E-state index contributed by atoms with van der Waals surface area (Å²) < 4.78 is 5.33. The van der Waals surface area contributed by atoms with Crippen LogP contribution in [-0.2, 0) is 0 Å². The number of methoxy groups -OCH3 is 1. The number of aliphatic hydroxyl groups is 1. The highest BCUT2D eigenvalue weighted by molar-refractivity contribution is 5.56. The summed E-state index contributed by atoms with van der Waals surface area (Å²) in [5.41, 5.74) is 3.46. The van der Waals surface area contributed by atoms with E-state index in [1.54, 1.807) is 7.11 Å². The Balaban J connectivity index is 2.90. The number of anilines is 1. The molecular formula is C13H21NO2. The Labute approximate surface area is 97.7 Å². The quantitative estimate of drug-likeness (QED) is 0.830. The minimum Gasteiger partial charge on any atom is -0.496 e. The van der Waals surface area contributed by atoms with E-state index in [4.69, 9.17) is 9.84 Å². The molecule has 0 fully saturated rings. The molecule has 16 heavy (non-hydrogen) atoms. The Hall–Kier alpha value is -1.22. The van der Waals surface area contributed by atoms with E-state index in [1.165, 1.54) is 5.69 Å². The number of benzene rings is 1. The molecule has 0 aromatic heterocycles. The van der Waals surface area contributed by atoms with Gasteiger partial charge in [-0.3, -0.25) is 0 Å². The predicted octanol–water partition coefficient (Wildman–Crippen LogP) is 2.13. The second-order valence-electron chi connectivity index (χ2n) is 4.11. The second kappa shape index (κ2) is 5.75. The molecule has 0 amide bonds. The maximum Gasteiger partial charge on any atom is 0.124 e. The van der Waals surface area contributed by atoms with Crippen LogP contribution in [0.2, 0.25) is 0 Å². The van der Waals surface area contributed by atoms with Gasteiger partial charge in [-0.05, 0) is 43.5 Å². The highest BCUT2D eigenvalue weighted by Gasteiger charge is 2.07. The van der Waals surface area contributed by atoms with Crippen LogP contribution in [0.5, 0.6) is 5.75 Å². The van der Waals surface area contributed by atoms with E-state index in [1.807, 2.05) is 7.05 Å². The number of aliphatic hydroxyl groups excluding tert-OH is 1. The van der Waals surface area contributed by atoms with E-state index in [0.29, 0.717) is 0 Å². The van der Waals surface area contributed by atoms with Crippen LogP contribution < -0.4 is 9.64 Å². The molecule has 0 saturated heterocycles. The van der Waals surface area contributed by atoms with Gasteiger partial charge in [0.15, 0.2) is 0 Å². The smallest absolute Gasteiger partial charge is 0.124 e. The van der Waals surface area contributed by atoms with Crippen molar-refractivity contribution in [2.45, 2.75) is 20.3 Å². The number of aryl methyl sites for hydroxylation is 2. The van der Waals surface area contributed by atoms with Gasteiger partial charge < -0.3 is 14.7 Å². The Morgan fingerprint density at radius 2 is 1.81 bits per heavy atom. The zero-order chi connectivity index (χ0) is 12.1. The van der Waals surface area contributed by atoms with E-state index < -0.39 is 0 Å². The van der Waals surface area contributed by atoms with E-state index in [0.717, 1.165) is 29.8 Å². The van der Waals surface area contributed by atoms with Crippen molar-refractivity contribution >= 4 is 5.69 Å². The van der Waals surface area contributed by atoms with Gasteiger partial charge in [-0.2, -0.15) is 0 Å². The van der Waals surface area contributed by atoms with Gasteiger partial charge in [-0.1, -0.05) is 0 Å². The lowest BCUT2D eigenvalue weighted by atomic mass is 10.1. The summed E-state index contributed by atoms with van der Waals surface area (Å²) in [6.45, 7) is 5.20. The zero-order valence-electron chi connectivity index (χ0n) is 10.6. The zero-order valence-corrected chi connectivity index (χ0v) is 10.6. The van der Waals surface area contributed by atoms with Crippen molar-refractivity contribution in [3.63, 3.8) is 0 Å². The fourth-order valence-electron chi connectivity index (χ4n) is 1.91. The monoisotopic (exact) mass is 223 g/mol. The van der Waals surface area contributed by atoms with Gasteiger partial charge in [0.1, 0.15) is 5.75 Å². The molecule has 0 heterocycles. The molecule has 0 bridgehead atoms. The number of ether oxygens (including phenoxy) is 1. The minimum atomic E-state index is 0.235. The van der Waals surface area contributed by atoms with Crippen LogP contribution in [0.25, 0.3) is 0 Å². The van der Waals surface area contributed by atoms with Crippen LogP contribution in [0.3, 0.4) is 0 Å². The van der Waals surface area contributed by atoms with Crippen molar-refractivity contribution in [3.05, 3.63) is 23.3 Å². The maximum atomic E-state index is 8.81. The van der Waals surface area contributed by atoms with Crippen molar-refractivity contribution in [2.24, 2.45) is 0 Å². The van der Waals surface area contributed by atoms with Gasteiger partial charge in [-0.25, -0.2) is 0 Å². The van der Waals surface area contributed by atoms with E-state index in [2.05, 4.69) is 30.9 Å². The standard InChI is InChI=1S/C13H21NO2/c1-10-8-12(14(3)6-5-7-15)9-11(2)13(10)16-4/h8-9,15H,5-7H2,1-4H3. The predicted molar refractivity (Wildman–Crippen MR) is 67.4 cm³/mol. The van der Waals surface area contributed by atoms with E-state index in [-0.39, 0.29) is 6.61 Å². The molecule has 0 radical (unpaired) electrons. The lowest BCUT2D eigenvalue weighted by Gasteiger charge is -2.21. The summed E-state index contributed by atoms with van der Waals surface area (Å²) in [7, 11) is 3.74. The molecule has 0 aliphatic rings. The maximum absolute atomic E-state index is 8.81. The third kappa shape index (κ3) is 2.89. The van der Waals surface area contributed by atoms with Crippen LogP contribution in [0, 0.1) is 13.8 Å². The van der Waals surface area contributed by atoms with Crippen LogP contribution in [0.1, 0.15) is 17.5 Å². The first-order valence-electron chi connectivity index (χ1n) is 5.57. The Morgan fingerprint density at radius 1 is 1.25 bits per heavy atom. The number of hydrogen-bond donors (Lipinski definition) is 1. The molecule has 0 atom stereocenters. The van der Waals surface area contributed by atoms with Crippen molar-refractivity contribution in [2.75, 3.05) is 32.2 Å². The van der Waals surface area contributed by atoms with Gasteiger partial charge in [-0.15, -0.1) is 0 Å². The van der Waals surface area contributed by atoms with Crippen LogP contribution >= 0.6 is 0 Å². The van der Waals surface area contributed by atoms with Crippen molar-refractivity contribution in [1.82, 2.24) is 0 Å². The minimum absolute atomic E-state index is 0.235. The fourth-order valence-corrected chi connectivity index (χ4v) is 1.91.